The van der Waals surface area contributed by atoms with Gasteiger partial charge < -0.3 is 4.98 Å². The van der Waals surface area contributed by atoms with Gasteiger partial charge in [0.2, 0.25) is 0 Å². The third kappa shape index (κ3) is 5.87. The summed E-state index contributed by atoms with van der Waals surface area (Å²) in [6.07, 6.45) is 11.1. The molecule has 3 heterocycles. The highest BCUT2D eigenvalue weighted by Gasteiger charge is 2.18. The number of amidine groups is 1. The number of rotatable bonds is 2. The maximum atomic E-state index is 9.50. The van der Waals surface area contributed by atoms with Crippen LogP contribution in [0.25, 0.3) is 5.69 Å². The average Bonchev–Trinajstić information content (AvgIpc) is 3.47. The number of H-pyrrole nitrogens is 1. The molecule has 1 N–H and O–H groups in total. The fourth-order valence-corrected chi connectivity index (χ4v) is 2.59. The first-order valence-corrected chi connectivity index (χ1v) is 8.94. The minimum atomic E-state index is 0.141. The van der Waals surface area contributed by atoms with Gasteiger partial charge in [-0.1, -0.05) is 39.0 Å². The van der Waals surface area contributed by atoms with Crippen molar-refractivity contribution in [2.45, 2.75) is 26.2 Å². The number of aromatic nitrogens is 3. The summed E-state index contributed by atoms with van der Waals surface area (Å²) in [5.74, 6) is 1.58. The van der Waals surface area contributed by atoms with Crippen LogP contribution in [-0.4, -0.2) is 34.0 Å². The SMILES string of the molecule is C1=C/C(=N/c2ccc[nH]2)N=C1.CC(C)(C)c1ccccc1-n1cccn1.CF. The summed E-state index contributed by atoms with van der Waals surface area (Å²) >= 11 is 0. The summed E-state index contributed by atoms with van der Waals surface area (Å²) < 4.78 is 11.4. The number of aromatic amines is 1. The summed E-state index contributed by atoms with van der Waals surface area (Å²) in [5.41, 5.74) is 2.62. The van der Waals surface area contributed by atoms with Crippen LogP contribution in [0.4, 0.5) is 10.2 Å². The van der Waals surface area contributed by atoms with Crippen LogP contribution in [0, 0.1) is 0 Å². The summed E-state index contributed by atoms with van der Waals surface area (Å²) in [6.45, 7) is 6.65. The van der Waals surface area contributed by atoms with Crippen molar-refractivity contribution in [1.82, 2.24) is 14.8 Å². The minimum absolute atomic E-state index is 0.141. The molecule has 1 aliphatic rings. The van der Waals surface area contributed by atoms with E-state index in [0.29, 0.717) is 7.18 Å². The highest BCUT2D eigenvalue weighted by Crippen LogP contribution is 2.27. The molecular weight excluding hydrogens is 353 g/mol. The van der Waals surface area contributed by atoms with Gasteiger partial charge in [-0.2, -0.15) is 5.10 Å². The summed E-state index contributed by atoms with van der Waals surface area (Å²) in [7, 11) is 0.500. The van der Waals surface area contributed by atoms with Gasteiger partial charge in [0, 0.05) is 24.8 Å². The van der Waals surface area contributed by atoms with Crippen molar-refractivity contribution in [2.24, 2.45) is 9.98 Å². The first kappa shape index (κ1) is 21.0. The maximum Gasteiger partial charge on any atom is 0.154 e. The molecule has 146 valence electrons. The zero-order valence-corrected chi connectivity index (χ0v) is 16.7. The van der Waals surface area contributed by atoms with E-state index in [2.05, 4.69) is 59.0 Å². The van der Waals surface area contributed by atoms with Gasteiger partial charge in [0.05, 0.1) is 12.9 Å². The fourth-order valence-electron chi connectivity index (χ4n) is 2.59. The van der Waals surface area contributed by atoms with Crippen molar-refractivity contribution < 1.29 is 4.39 Å². The number of aliphatic imine (C=N–C) groups is 2. The van der Waals surface area contributed by atoms with Gasteiger partial charge in [0.15, 0.2) is 5.84 Å². The number of nitrogens with one attached hydrogen (secondary N) is 1. The van der Waals surface area contributed by atoms with E-state index >= 15 is 0 Å². The molecule has 4 rings (SSSR count). The van der Waals surface area contributed by atoms with Crippen molar-refractivity contribution in [2.75, 3.05) is 7.18 Å². The van der Waals surface area contributed by atoms with Crippen LogP contribution in [0.3, 0.4) is 0 Å². The van der Waals surface area contributed by atoms with E-state index in [-0.39, 0.29) is 5.41 Å². The molecule has 0 unspecified atom stereocenters. The Morgan fingerprint density at radius 1 is 1.04 bits per heavy atom. The number of alkyl halides is 1. The summed E-state index contributed by atoms with van der Waals surface area (Å²) in [6, 6.07) is 14.1. The average molecular weight is 379 g/mol. The minimum Gasteiger partial charge on any atom is -0.347 e. The normalized spacial score (nSPS) is 13.7. The molecule has 28 heavy (non-hydrogen) atoms. The van der Waals surface area contributed by atoms with E-state index in [1.807, 2.05) is 53.5 Å². The molecule has 1 aliphatic heterocycles. The number of nitrogens with zero attached hydrogens (tertiary/aromatic N) is 4. The fraction of sp³-hybridized carbons (Fsp3) is 0.227. The molecule has 0 spiro atoms. The van der Waals surface area contributed by atoms with Gasteiger partial charge in [0.1, 0.15) is 5.82 Å². The summed E-state index contributed by atoms with van der Waals surface area (Å²) in [5, 5.41) is 4.28. The second-order valence-electron chi connectivity index (χ2n) is 6.88. The number of benzene rings is 1. The molecule has 0 radical (unpaired) electrons. The molecule has 0 atom stereocenters. The topological polar surface area (TPSA) is 58.3 Å². The molecular formula is C22H26FN5. The Labute approximate surface area is 165 Å². The van der Waals surface area contributed by atoms with Crippen LogP contribution >= 0.6 is 0 Å². The molecule has 2 aromatic heterocycles. The van der Waals surface area contributed by atoms with Crippen LogP contribution in [0.5, 0.6) is 0 Å². The third-order valence-electron chi connectivity index (χ3n) is 3.82. The second-order valence-corrected chi connectivity index (χ2v) is 6.88. The number of halogens is 1. The highest BCUT2D eigenvalue weighted by atomic mass is 19.1. The molecule has 0 bridgehead atoms. The van der Waals surface area contributed by atoms with E-state index < -0.39 is 0 Å². The van der Waals surface area contributed by atoms with Crippen molar-refractivity contribution in [3.63, 3.8) is 0 Å². The number of allylic oxidation sites excluding steroid dienone is 1. The Morgan fingerprint density at radius 2 is 1.82 bits per heavy atom. The quantitative estimate of drug-likeness (QED) is 0.633. The van der Waals surface area contributed by atoms with E-state index in [1.54, 1.807) is 12.4 Å². The largest absolute Gasteiger partial charge is 0.347 e. The molecule has 0 aliphatic carbocycles. The molecule has 5 nitrogen and oxygen atoms in total. The van der Waals surface area contributed by atoms with Crippen LogP contribution < -0.4 is 0 Å². The molecule has 0 fully saturated rings. The van der Waals surface area contributed by atoms with Crippen molar-refractivity contribution >= 4 is 17.9 Å². The van der Waals surface area contributed by atoms with Crippen molar-refractivity contribution in [3.8, 4) is 5.69 Å². The van der Waals surface area contributed by atoms with Crippen LogP contribution in [0.1, 0.15) is 26.3 Å². The van der Waals surface area contributed by atoms with Gasteiger partial charge in [-0.25, -0.2) is 14.7 Å². The molecule has 0 saturated heterocycles. The van der Waals surface area contributed by atoms with Crippen LogP contribution in [0.15, 0.2) is 83.2 Å². The Morgan fingerprint density at radius 3 is 2.39 bits per heavy atom. The zero-order chi connectivity index (χ0) is 20.4. The van der Waals surface area contributed by atoms with E-state index in [9.17, 15) is 4.39 Å². The van der Waals surface area contributed by atoms with Gasteiger partial charge in [-0.15, -0.1) is 0 Å². The second kappa shape index (κ2) is 10.2. The predicted octanol–water partition coefficient (Wildman–Crippen LogP) is 5.44. The molecule has 1 aromatic carbocycles. The van der Waals surface area contributed by atoms with E-state index in [0.717, 1.165) is 17.3 Å². The number of hydrogen-bond donors (Lipinski definition) is 1. The highest BCUT2D eigenvalue weighted by molar-refractivity contribution is 6.07. The number of para-hydroxylation sites is 1. The van der Waals surface area contributed by atoms with Gasteiger partial charge >= 0.3 is 0 Å². The van der Waals surface area contributed by atoms with Gasteiger partial charge in [-0.3, -0.25) is 4.39 Å². The first-order valence-electron chi connectivity index (χ1n) is 8.94. The van der Waals surface area contributed by atoms with Gasteiger partial charge in [-0.05, 0) is 47.4 Å². The Kier molecular flexibility index (Phi) is 7.63. The lowest BCUT2D eigenvalue weighted by molar-refractivity contribution is 0.583. The van der Waals surface area contributed by atoms with E-state index in [1.165, 1.54) is 5.56 Å². The van der Waals surface area contributed by atoms with Crippen molar-refractivity contribution in [3.05, 3.63) is 78.8 Å². The third-order valence-corrected chi connectivity index (χ3v) is 3.82. The van der Waals surface area contributed by atoms with Crippen molar-refractivity contribution in [1.29, 1.82) is 0 Å². The Hall–Kier alpha value is -3.28. The van der Waals surface area contributed by atoms with Crippen LogP contribution in [-0.2, 0) is 5.41 Å². The zero-order valence-electron chi connectivity index (χ0n) is 16.7. The predicted molar refractivity (Wildman–Crippen MR) is 115 cm³/mol. The van der Waals surface area contributed by atoms with E-state index in [4.69, 9.17) is 0 Å². The lowest BCUT2D eigenvalue weighted by Gasteiger charge is -2.22. The molecule has 0 saturated carbocycles. The molecule has 0 amide bonds. The lowest BCUT2D eigenvalue weighted by atomic mass is 9.86. The number of hydrogen-bond acceptors (Lipinski definition) is 2. The Bertz CT molecular complexity index is 900. The Balaban J connectivity index is 0.000000191. The molecule has 6 heteroatoms. The lowest BCUT2D eigenvalue weighted by Crippen LogP contribution is -2.15. The smallest absolute Gasteiger partial charge is 0.154 e. The first-order chi connectivity index (χ1) is 13.5. The molecule has 3 aromatic rings. The monoisotopic (exact) mass is 379 g/mol. The van der Waals surface area contributed by atoms with Crippen LogP contribution in [0.2, 0.25) is 0 Å². The standard InChI is InChI=1S/C13H16N2.C8H7N3.CH3F/c1-13(2,3)11-7-4-5-8-12(11)15-10-6-9-14-15;1-3-7(9-5-1)11-8-4-2-6-10-8;1-2/h4-10H,1-3H3;1-6,9H;1H3/b;11-8-;. The maximum absolute atomic E-state index is 9.50. The summed E-state index contributed by atoms with van der Waals surface area (Å²) in [4.78, 5) is 11.2. The van der Waals surface area contributed by atoms with Gasteiger partial charge in [0.25, 0.3) is 0 Å².